The summed E-state index contributed by atoms with van der Waals surface area (Å²) in [6.45, 7) is 4.21. The predicted octanol–water partition coefficient (Wildman–Crippen LogP) is 1.04. The Morgan fingerprint density at radius 2 is 1.08 bits per heavy atom. The van der Waals surface area contributed by atoms with Crippen molar-refractivity contribution in [1.29, 1.82) is 0 Å². The van der Waals surface area contributed by atoms with Crippen molar-refractivity contribution in [3.8, 4) is 0 Å². The third kappa shape index (κ3) is 14.5. The van der Waals surface area contributed by atoms with E-state index in [1.165, 1.54) is 23.2 Å². The van der Waals surface area contributed by atoms with E-state index in [-0.39, 0.29) is 28.3 Å². The first-order chi connectivity index (χ1) is 11.4. The van der Waals surface area contributed by atoms with E-state index in [9.17, 15) is 0 Å². The number of carbonyl (C=O) groups excluding carboxylic acids is 2. The molecule has 0 aliphatic rings. The van der Waals surface area contributed by atoms with Gasteiger partial charge in [-0.15, -0.1) is 0 Å². The van der Waals surface area contributed by atoms with Crippen molar-refractivity contribution in [1.82, 2.24) is 0 Å². The molecule has 0 aromatic heterocycles. The monoisotopic (exact) mass is 452 g/mol. The van der Waals surface area contributed by atoms with Gasteiger partial charge in [-0.2, -0.15) is 0 Å². The Morgan fingerprint density at radius 3 is 1.32 bits per heavy atom. The molecule has 0 saturated heterocycles. The van der Waals surface area contributed by atoms with Gasteiger partial charge in [0.05, 0.1) is 0 Å². The fourth-order valence-electron chi connectivity index (χ4n) is 1.85. The molecule has 4 nitrogen and oxygen atoms in total. The van der Waals surface area contributed by atoms with Crippen molar-refractivity contribution in [3.05, 3.63) is 60.7 Å². The first-order valence-corrected chi connectivity index (χ1v) is 9.14. The van der Waals surface area contributed by atoms with Crippen LogP contribution >= 0.6 is 7.92 Å². The average molecular weight is 453 g/mol. The van der Waals surface area contributed by atoms with E-state index in [4.69, 9.17) is 19.8 Å². The molecule has 0 aliphatic heterocycles. The van der Waals surface area contributed by atoms with E-state index < -0.39 is 11.9 Å². The maximum Gasteiger partial charge on any atom is 2.00 e. The Morgan fingerprint density at radius 1 is 0.800 bits per heavy atom. The fourth-order valence-corrected chi connectivity index (χ4v) is 4.17. The van der Waals surface area contributed by atoms with Crippen LogP contribution in [0.4, 0.5) is 0 Å². The summed E-state index contributed by atoms with van der Waals surface area (Å²) in [6, 6.07) is 21.8. The van der Waals surface area contributed by atoms with Crippen LogP contribution in [0.25, 0.3) is 0 Å². The first-order valence-electron chi connectivity index (χ1n) is 7.61. The van der Waals surface area contributed by atoms with Gasteiger partial charge in [-0.1, -0.05) is 74.0 Å². The van der Waals surface area contributed by atoms with Crippen LogP contribution in [0.3, 0.4) is 0 Å². The Bertz CT molecular complexity index is 531. The zero-order valence-corrected chi connectivity index (χ0v) is 17.0. The fraction of sp³-hybridized carbons (Fsp3) is 0.263. The van der Waals surface area contributed by atoms with Crippen LogP contribution in [0.2, 0.25) is 0 Å². The molecular formula is C19H23O4PPd. The molecule has 2 aromatic carbocycles. The van der Waals surface area contributed by atoms with Crippen LogP contribution < -0.4 is 20.8 Å². The zero-order valence-electron chi connectivity index (χ0n) is 14.6. The summed E-state index contributed by atoms with van der Waals surface area (Å²) in [5.41, 5.74) is 0. The second-order valence-electron chi connectivity index (χ2n) is 4.81. The minimum atomic E-state index is -1.08. The van der Waals surface area contributed by atoms with Crippen molar-refractivity contribution in [2.45, 2.75) is 27.2 Å². The van der Waals surface area contributed by atoms with Gasteiger partial charge in [-0.05, 0) is 38.5 Å². The summed E-state index contributed by atoms with van der Waals surface area (Å²) >= 11 is 0. The molecule has 0 aliphatic carbocycles. The quantitative estimate of drug-likeness (QED) is 0.513. The summed E-state index contributed by atoms with van der Waals surface area (Å²) in [4.78, 5) is 17.8. The largest absolute Gasteiger partial charge is 2.00 e. The number of hydrogen-bond acceptors (Lipinski definition) is 4. The zero-order chi connectivity index (χ0) is 18.4. The van der Waals surface area contributed by atoms with Crippen molar-refractivity contribution in [2.75, 3.05) is 6.16 Å². The van der Waals surface area contributed by atoms with Gasteiger partial charge in [0.15, 0.2) is 0 Å². The molecule has 2 rings (SSSR count). The molecule has 0 radical (unpaired) electrons. The molecule has 0 fully saturated rings. The SMILES string of the molecule is CC(=O)[O-].CC(=O)[O-].CCCP(c1ccccc1)c1ccccc1.[Pd+2]. The van der Waals surface area contributed by atoms with Crippen molar-refractivity contribution in [3.63, 3.8) is 0 Å². The normalized spacial score (nSPS) is 8.80. The van der Waals surface area contributed by atoms with Crippen LogP contribution in [0.15, 0.2) is 60.7 Å². The molecule has 138 valence electrons. The maximum absolute atomic E-state index is 8.89. The second kappa shape index (κ2) is 16.0. The molecule has 25 heavy (non-hydrogen) atoms. The van der Waals surface area contributed by atoms with E-state index in [0.717, 1.165) is 13.8 Å². The van der Waals surface area contributed by atoms with E-state index >= 15 is 0 Å². The van der Waals surface area contributed by atoms with Crippen LogP contribution in [0.5, 0.6) is 0 Å². The molecule has 0 amide bonds. The van der Waals surface area contributed by atoms with Crippen LogP contribution in [-0.4, -0.2) is 18.1 Å². The second-order valence-corrected chi connectivity index (χ2v) is 7.14. The number of hydrogen-bond donors (Lipinski definition) is 0. The smallest absolute Gasteiger partial charge is 0.550 e. The molecule has 2 aromatic rings. The van der Waals surface area contributed by atoms with Gasteiger partial charge in [-0.3, -0.25) is 0 Å². The first kappa shape index (κ1) is 25.7. The van der Waals surface area contributed by atoms with Crippen LogP contribution in [0, 0.1) is 0 Å². The standard InChI is InChI=1S/C15H17P.2C2H4O2.Pd/c1-2-13-16(14-9-5-3-6-10-14)15-11-7-4-8-12-15;2*1-2(3)4;/h3-12H,2,13H2,1H3;2*1H3,(H,3,4);/q;;;+2/p-2. The summed E-state index contributed by atoms with van der Waals surface area (Å²) in [6.07, 6.45) is 2.53. The van der Waals surface area contributed by atoms with Crippen LogP contribution in [0.1, 0.15) is 27.2 Å². The summed E-state index contributed by atoms with van der Waals surface area (Å²) in [5.74, 6) is -2.17. The molecule has 0 spiro atoms. The third-order valence-corrected chi connectivity index (χ3v) is 5.32. The number of rotatable bonds is 4. The number of carboxylic acid groups (broad SMARTS) is 2. The number of carbonyl (C=O) groups is 2. The molecular weight excluding hydrogens is 430 g/mol. The average Bonchev–Trinajstić information content (AvgIpc) is 2.53. The Hall–Kier alpha value is -1.53. The Labute approximate surface area is 164 Å². The summed E-state index contributed by atoms with van der Waals surface area (Å²) in [7, 11) is -0.151. The Balaban J connectivity index is 0. The van der Waals surface area contributed by atoms with E-state index in [1.54, 1.807) is 0 Å². The minimum Gasteiger partial charge on any atom is -0.550 e. The van der Waals surface area contributed by atoms with Crippen molar-refractivity contribution in [2.24, 2.45) is 0 Å². The van der Waals surface area contributed by atoms with E-state index in [2.05, 4.69) is 67.6 Å². The van der Waals surface area contributed by atoms with Crippen molar-refractivity contribution >= 4 is 30.5 Å². The minimum absolute atomic E-state index is 0. The summed E-state index contributed by atoms with van der Waals surface area (Å²) in [5, 5.41) is 20.8. The van der Waals surface area contributed by atoms with Gasteiger partial charge in [0.25, 0.3) is 0 Å². The molecule has 0 unspecified atom stereocenters. The van der Waals surface area contributed by atoms with Gasteiger partial charge in [0.1, 0.15) is 0 Å². The molecule has 0 bridgehead atoms. The molecule has 0 atom stereocenters. The molecule has 0 N–H and O–H groups in total. The van der Waals surface area contributed by atoms with Gasteiger partial charge in [-0.25, -0.2) is 0 Å². The Kier molecular flexibility index (Phi) is 16.4. The van der Waals surface area contributed by atoms with Gasteiger partial charge in [0.2, 0.25) is 0 Å². The summed E-state index contributed by atoms with van der Waals surface area (Å²) < 4.78 is 0. The topological polar surface area (TPSA) is 80.3 Å². The molecule has 0 saturated carbocycles. The van der Waals surface area contributed by atoms with Gasteiger partial charge >= 0.3 is 20.4 Å². The van der Waals surface area contributed by atoms with E-state index in [1.807, 2.05) is 0 Å². The number of benzene rings is 2. The molecule has 6 heteroatoms. The number of aliphatic carboxylic acids is 2. The van der Waals surface area contributed by atoms with Crippen LogP contribution in [-0.2, 0) is 30.0 Å². The van der Waals surface area contributed by atoms with Gasteiger partial charge in [0, 0.05) is 11.9 Å². The predicted molar refractivity (Wildman–Crippen MR) is 95.6 cm³/mol. The molecule has 0 heterocycles. The van der Waals surface area contributed by atoms with Crippen molar-refractivity contribution < 1.29 is 40.2 Å². The number of carboxylic acids is 2. The maximum atomic E-state index is 8.89. The van der Waals surface area contributed by atoms with Gasteiger partial charge < -0.3 is 19.8 Å². The third-order valence-electron chi connectivity index (χ3n) is 2.58. The van der Waals surface area contributed by atoms with E-state index in [0.29, 0.717) is 0 Å².